The second-order valence-corrected chi connectivity index (χ2v) is 6.10. The van der Waals surface area contributed by atoms with Crippen LogP contribution in [0.15, 0.2) is 42.0 Å². The zero-order valence-electron chi connectivity index (χ0n) is 14.5. The molecule has 1 fully saturated rings. The minimum Gasteiger partial charge on any atom is -0.493 e. The first-order valence-electron chi connectivity index (χ1n) is 8.45. The molecular formula is C19H27NO4. The molecular weight excluding hydrogens is 306 g/mol. The molecule has 2 rings (SSSR count). The molecule has 0 aromatic heterocycles. The molecule has 5 nitrogen and oxygen atoms in total. The first-order valence-corrected chi connectivity index (χ1v) is 8.45. The number of nitrogens with one attached hydrogen (secondary N) is 1. The molecule has 1 saturated heterocycles. The summed E-state index contributed by atoms with van der Waals surface area (Å²) in [6.07, 6.45) is 3.14. The summed E-state index contributed by atoms with van der Waals surface area (Å²) in [4.78, 5) is 12.1. The monoisotopic (exact) mass is 333 g/mol. The Balaban J connectivity index is 1.72. The summed E-state index contributed by atoms with van der Waals surface area (Å²) in [5.41, 5.74) is 1.22. The normalized spacial score (nSPS) is 20.2. The van der Waals surface area contributed by atoms with Gasteiger partial charge in [0, 0.05) is 6.61 Å². The number of hydrogen-bond acceptors (Lipinski definition) is 4. The van der Waals surface area contributed by atoms with Gasteiger partial charge in [0.05, 0.1) is 38.4 Å². The summed E-state index contributed by atoms with van der Waals surface area (Å²) in [5.74, 6) is 0.728. The summed E-state index contributed by atoms with van der Waals surface area (Å²) in [6.45, 7) is 6.16. The van der Waals surface area contributed by atoms with E-state index in [1.54, 1.807) is 0 Å². The van der Waals surface area contributed by atoms with E-state index in [-0.39, 0.29) is 18.1 Å². The number of allylic oxidation sites excluding steroid dienone is 1. The highest BCUT2D eigenvalue weighted by molar-refractivity contribution is 5.76. The summed E-state index contributed by atoms with van der Waals surface area (Å²) < 4.78 is 16.9. The summed E-state index contributed by atoms with van der Waals surface area (Å²) in [7, 11) is 0. The molecule has 132 valence electrons. The van der Waals surface area contributed by atoms with Gasteiger partial charge >= 0.3 is 0 Å². The molecule has 1 amide bonds. The van der Waals surface area contributed by atoms with Crippen molar-refractivity contribution in [1.29, 1.82) is 0 Å². The standard InChI is InChI=1S/C19H27NO4/c1-15(2)8-12-24-18-9-11-22-14-17(18)20-19(21)10-13-23-16-6-4-3-5-7-16/h3-8,17-18H,9-14H2,1-2H3,(H,20,21)/t17-,18+/m1/s1. The molecule has 0 spiro atoms. The Morgan fingerprint density at radius 2 is 2.12 bits per heavy atom. The largest absolute Gasteiger partial charge is 0.493 e. The molecule has 1 aliphatic heterocycles. The second-order valence-electron chi connectivity index (χ2n) is 6.10. The zero-order chi connectivity index (χ0) is 17.2. The van der Waals surface area contributed by atoms with Gasteiger partial charge in [-0.05, 0) is 32.4 Å². The van der Waals surface area contributed by atoms with Crippen molar-refractivity contribution in [2.24, 2.45) is 0 Å². The van der Waals surface area contributed by atoms with Crippen LogP contribution in [0.3, 0.4) is 0 Å². The third-order valence-electron chi connectivity index (χ3n) is 3.78. The van der Waals surface area contributed by atoms with Gasteiger partial charge in [0.15, 0.2) is 0 Å². The quantitative estimate of drug-likeness (QED) is 0.743. The average molecular weight is 333 g/mol. The van der Waals surface area contributed by atoms with E-state index in [0.717, 1.165) is 12.2 Å². The molecule has 1 heterocycles. The molecule has 1 aromatic carbocycles. The fourth-order valence-electron chi connectivity index (χ4n) is 2.45. The van der Waals surface area contributed by atoms with Crippen LogP contribution in [0.4, 0.5) is 0 Å². The molecule has 0 bridgehead atoms. The Bertz CT molecular complexity index is 525. The molecule has 5 heteroatoms. The van der Waals surface area contributed by atoms with E-state index in [1.807, 2.05) is 50.3 Å². The number of benzene rings is 1. The Labute approximate surface area is 144 Å². The minimum atomic E-state index is -0.103. The van der Waals surface area contributed by atoms with Gasteiger partial charge in [-0.3, -0.25) is 4.79 Å². The molecule has 0 unspecified atom stereocenters. The zero-order valence-corrected chi connectivity index (χ0v) is 14.5. The first-order chi connectivity index (χ1) is 11.6. The predicted octanol–water partition coefficient (Wildman–Crippen LogP) is 2.71. The first kappa shape index (κ1) is 18.5. The van der Waals surface area contributed by atoms with E-state index >= 15 is 0 Å². The SMILES string of the molecule is CC(C)=CCO[C@H]1CCOC[C@H]1NC(=O)CCOc1ccccc1. The predicted molar refractivity (Wildman–Crippen MR) is 93.1 cm³/mol. The van der Waals surface area contributed by atoms with Gasteiger partial charge in [-0.1, -0.05) is 29.8 Å². The lowest BCUT2D eigenvalue weighted by Crippen LogP contribution is -2.50. The lowest BCUT2D eigenvalue weighted by Gasteiger charge is -2.31. The third kappa shape index (κ3) is 6.72. The highest BCUT2D eigenvalue weighted by Gasteiger charge is 2.27. The van der Waals surface area contributed by atoms with Gasteiger partial charge in [0.25, 0.3) is 0 Å². The van der Waals surface area contributed by atoms with Crippen LogP contribution in [0.25, 0.3) is 0 Å². The Morgan fingerprint density at radius 1 is 1.33 bits per heavy atom. The van der Waals surface area contributed by atoms with Crippen LogP contribution in [0.1, 0.15) is 26.7 Å². The maximum atomic E-state index is 12.1. The van der Waals surface area contributed by atoms with Crippen molar-refractivity contribution in [3.05, 3.63) is 42.0 Å². The summed E-state index contributed by atoms with van der Waals surface area (Å²) in [6, 6.07) is 9.39. The van der Waals surface area contributed by atoms with Gasteiger partial charge < -0.3 is 19.5 Å². The van der Waals surface area contributed by atoms with Crippen molar-refractivity contribution in [1.82, 2.24) is 5.32 Å². The van der Waals surface area contributed by atoms with Crippen LogP contribution >= 0.6 is 0 Å². The number of hydrogen-bond donors (Lipinski definition) is 1. The fraction of sp³-hybridized carbons (Fsp3) is 0.526. The minimum absolute atomic E-state index is 0.00617. The number of ether oxygens (including phenoxy) is 3. The smallest absolute Gasteiger partial charge is 0.223 e. The van der Waals surface area contributed by atoms with Crippen molar-refractivity contribution in [3.8, 4) is 5.75 Å². The molecule has 24 heavy (non-hydrogen) atoms. The van der Waals surface area contributed by atoms with Gasteiger partial charge in [-0.15, -0.1) is 0 Å². The van der Waals surface area contributed by atoms with Crippen molar-refractivity contribution in [2.75, 3.05) is 26.4 Å². The van der Waals surface area contributed by atoms with Gasteiger partial charge in [0.2, 0.25) is 5.91 Å². The van der Waals surface area contributed by atoms with Crippen molar-refractivity contribution >= 4 is 5.91 Å². The second kappa shape index (κ2) is 10.1. The molecule has 1 N–H and O–H groups in total. The number of amides is 1. The van der Waals surface area contributed by atoms with Gasteiger partial charge in [-0.25, -0.2) is 0 Å². The topological polar surface area (TPSA) is 56.8 Å². The van der Waals surface area contributed by atoms with Crippen LogP contribution in [0.5, 0.6) is 5.75 Å². The van der Waals surface area contributed by atoms with E-state index in [2.05, 4.69) is 5.32 Å². The molecule has 1 aliphatic rings. The number of rotatable bonds is 8. The molecule has 0 radical (unpaired) electrons. The van der Waals surface area contributed by atoms with Gasteiger partial charge in [0.1, 0.15) is 5.75 Å². The molecule has 0 aliphatic carbocycles. The molecule has 2 atom stereocenters. The number of carbonyl (C=O) groups excluding carboxylic acids is 1. The number of para-hydroxylation sites is 1. The maximum Gasteiger partial charge on any atom is 0.223 e. The van der Waals surface area contributed by atoms with Gasteiger partial charge in [-0.2, -0.15) is 0 Å². The molecule has 1 aromatic rings. The number of carbonyl (C=O) groups is 1. The van der Waals surface area contributed by atoms with E-state index < -0.39 is 0 Å². The van der Waals surface area contributed by atoms with Crippen LogP contribution in [0, 0.1) is 0 Å². The van der Waals surface area contributed by atoms with Crippen molar-refractivity contribution in [3.63, 3.8) is 0 Å². The van der Waals surface area contributed by atoms with E-state index in [0.29, 0.717) is 32.8 Å². The molecule has 0 saturated carbocycles. The average Bonchev–Trinajstić information content (AvgIpc) is 2.57. The Hall–Kier alpha value is -1.85. The lowest BCUT2D eigenvalue weighted by atomic mass is 10.1. The van der Waals surface area contributed by atoms with E-state index in [1.165, 1.54) is 5.57 Å². The van der Waals surface area contributed by atoms with Crippen LogP contribution in [0.2, 0.25) is 0 Å². The van der Waals surface area contributed by atoms with Crippen LogP contribution in [-0.4, -0.2) is 44.5 Å². The van der Waals surface area contributed by atoms with Crippen molar-refractivity contribution in [2.45, 2.75) is 38.8 Å². The van der Waals surface area contributed by atoms with Crippen LogP contribution < -0.4 is 10.1 Å². The maximum absolute atomic E-state index is 12.1. The summed E-state index contributed by atoms with van der Waals surface area (Å²) in [5, 5.41) is 3.00. The lowest BCUT2D eigenvalue weighted by molar-refractivity contribution is -0.126. The Kier molecular flexibility index (Phi) is 7.79. The van der Waals surface area contributed by atoms with Crippen molar-refractivity contribution < 1.29 is 19.0 Å². The van der Waals surface area contributed by atoms with E-state index in [9.17, 15) is 4.79 Å². The summed E-state index contributed by atoms with van der Waals surface area (Å²) >= 11 is 0. The third-order valence-corrected chi connectivity index (χ3v) is 3.78. The van der Waals surface area contributed by atoms with E-state index in [4.69, 9.17) is 14.2 Å². The fourth-order valence-corrected chi connectivity index (χ4v) is 2.45. The highest BCUT2D eigenvalue weighted by Crippen LogP contribution is 2.13. The Morgan fingerprint density at radius 3 is 2.88 bits per heavy atom. The highest BCUT2D eigenvalue weighted by atomic mass is 16.5. The van der Waals surface area contributed by atoms with Crippen LogP contribution in [-0.2, 0) is 14.3 Å².